The molecule has 1 aliphatic heterocycles. The van der Waals surface area contributed by atoms with Crippen molar-refractivity contribution < 1.29 is 14.3 Å². The number of ether oxygens (including phenoxy) is 1. The van der Waals surface area contributed by atoms with Gasteiger partial charge in [0.2, 0.25) is 0 Å². The second-order valence-electron chi connectivity index (χ2n) is 3.21. The van der Waals surface area contributed by atoms with E-state index in [-0.39, 0.29) is 13.2 Å². The average molecular weight is 260 g/mol. The molecule has 2 amide bonds. The molecule has 0 aromatic heterocycles. The zero-order valence-corrected chi connectivity index (χ0v) is 9.59. The number of carbonyl (C=O) groups is 2. The van der Waals surface area contributed by atoms with E-state index in [0.717, 1.165) is 4.90 Å². The predicted molar refractivity (Wildman–Crippen MR) is 59.8 cm³/mol. The highest BCUT2D eigenvalue weighted by Crippen LogP contribution is 2.28. The molecule has 0 saturated carbocycles. The molecule has 6 heteroatoms. The third-order valence-electron chi connectivity index (χ3n) is 2.11. The normalized spacial score (nSPS) is 16.8. The number of amides is 2. The molecule has 0 radical (unpaired) electrons. The van der Waals surface area contributed by atoms with E-state index >= 15 is 0 Å². The highest BCUT2D eigenvalue weighted by Gasteiger charge is 2.28. The van der Waals surface area contributed by atoms with Gasteiger partial charge in [-0.1, -0.05) is 23.2 Å². The molecule has 2 rings (SSSR count). The van der Waals surface area contributed by atoms with Crippen LogP contribution in [0.25, 0.3) is 0 Å². The van der Waals surface area contributed by atoms with E-state index in [2.05, 4.69) is 0 Å². The number of hydrogen-bond acceptors (Lipinski definition) is 3. The highest BCUT2D eigenvalue weighted by atomic mass is 35.5. The van der Waals surface area contributed by atoms with Crippen LogP contribution < -0.4 is 4.90 Å². The van der Waals surface area contributed by atoms with Gasteiger partial charge in [0.15, 0.2) is 0 Å². The molecule has 1 aliphatic rings. The van der Waals surface area contributed by atoms with Gasteiger partial charge in [-0.15, -0.1) is 0 Å². The van der Waals surface area contributed by atoms with Crippen molar-refractivity contribution >= 4 is 40.7 Å². The second kappa shape index (κ2) is 4.41. The second-order valence-corrected chi connectivity index (χ2v) is 4.03. The number of benzene rings is 1. The van der Waals surface area contributed by atoms with Crippen LogP contribution in [0.2, 0.25) is 10.0 Å². The van der Waals surface area contributed by atoms with Gasteiger partial charge < -0.3 is 4.74 Å². The maximum Gasteiger partial charge on any atom is 0.259 e. The molecule has 1 heterocycles. The molecule has 1 aromatic rings. The quantitative estimate of drug-likeness (QED) is 0.724. The lowest BCUT2D eigenvalue weighted by Gasteiger charge is -2.25. The summed E-state index contributed by atoms with van der Waals surface area (Å²) in [6.45, 7) is -0.210. The minimum absolute atomic E-state index is 0.105. The first-order valence-electron chi connectivity index (χ1n) is 4.48. The molecule has 0 atom stereocenters. The van der Waals surface area contributed by atoms with Crippen molar-refractivity contribution in [1.29, 1.82) is 0 Å². The largest absolute Gasteiger partial charge is 0.362 e. The lowest BCUT2D eigenvalue weighted by molar-refractivity contribution is -0.138. The first kappa shape index (κ1) is 11.4. The summed E-state index contributed by atoms with van der Waals surface area (Å²) in [5.41, 5.74) is 0.410. The minimum atomic E-state index is -0.408. The van der Waals surface area contributed by atoms with Crippen molar-refractivity contribution in [3.63, 3.8) is 0 Å². The van der Waals surface area contributed by atoms with Crippen LogP contribution in [0.3, 0.4) is 0 Å². The van der Waals surface area contributed by atoms with E-state index in [0.29, 0.717) is 15.7 Å². The van der Waals surface area contributed by atoms with Crippen molar-refractivity contribution in [2.75, 3.05) is 18.1 Å². The van der Waals surface area contributed by atoms with Crippen LogP contribution in [0.4, 0.5) is 5.69 Å². The van der Waals surface area contributed by atoms with E-state index in [1.54, 1.807) is 6.07 Å². The Morgan fingerprint density at radius 2 is 1.69 bits per heavy atom. The third kappa shape index (κ3) is 2.04. The van der Waals surface area contributed by atoms with Crippen molar-refractivity contribution in [2.24, 2.45) is 0 Å². The van der Waals surface area contributed by atoms with Crippen molar-refractivity contribution in [2.45, 2.75) is 0 Å². The molecular weight excluding hydrogens is 253 g/mol. The zero-order valence-electron chi connectivity index (χ0n) is 8.07. The van der Waals surface area contributed by atoms with Crippen LogP contribution in [0.5, 0.6) is 0 Å². The van der Waals surface area contributed by atoms with Crippen molar-refractivity contribution in [3.05, 3.63) is 28.2 Å². The smallest absolute Gasteiger partial charge is 0.259 e. The maximum atomic E-state index is 11.5. The Morgan fingerprint density at radius 1 is 1.06 bits per heavy atom. The van der Waals surface area contributed by atoms with Gasteiger partial charge in [-0.2, -0.15) is 0 Å². The van der Waals surface area contributed by atoms with Crippen LogP contribution in [0.15, 0.2) is 18.2 Å². The molecule has 1 fully saturated rings. The van der Waals surface area contributed by atoms with Gasteiger partial charge in [-0.3, -0.25) is 9.59 Å². The Hall–Kier alpha value is -1.10. The first-order chi connectivity index (χ1) is 7.59. The van der Waals surface area contributed by atoms with Crippen LogP contribution in [-0.4, -0.2) is 25.0 Å². The predicted octanol–water partition coefficient (Wildman–Crippen LogP) is 1.88. The molecule has 84 valence electrons. The van der Waals surface area contributed by atoms with Crippen LogP contribution in [0, 0.1) is 0 Å². The summed E-state index contributed by atoms with van der Waals surface area (Å²) >= 11 is 11.6. The molecule has 0 unspecified atom stereocenters. The SMILES string of the molecule is O=C1COCC(=O)N1c1ccc(Cl)c(Cl)c1. The van der Waals surface area contributed by atoms with E-state index in [9.17, 15) is 9.59 Å². The summed E-state index contributed by atoms with van der Waals surface area (Å²) in [4.78, 5) is 24.1. The first-order valence-corrected chi connectivity index (χ1v) is 5.24. The van der Waals surface area contributed by atoms with Gasteiger partial charge in [-0.05, 0) is 18.2 Å². The summed E-state index contributed by atoms with van der Waals surface area (Å²) in [5, 5.41) is 0.671. The van der Waals surface area contributed by atoms with E-state index < -0.39 is 11.8 Å². The highest BCUT2D eigenvalue weighted by molar-refractivity contribution is 6.42. The van der Waals surface area contributed by atoms with Crippen LogP contribution >= 0.6 is 23.2 Å². The topological polar surface area (TPSA) is 46.6 Å². The van der Waals surface area contributed by atoms with Crippen LogP contribution in [-0.2, 0) is 14.3 Å². The number of morpholine rings is 1. The monoisotopic (exact) mass is 259 g/mol. The summed E-state index contributed by atoms with van der Waals surface area (Å²) in [6, 6.07) is 4.58. The van der Waals surface area contributed by atoms with Gasteiger partial charge in [-0.25, -0.2) is 4.90 Å². The summed E-state index contributed by atoms with van der Waals surface area (Å²) in [6.07, 6.45) is 0. The Balaban J connectivity index is 2.38. The van der Waals surface area contributed by atoms with E-state index in [1.807, 2.05) is 0 Å². The fourth-order valence-electron chi connectivity index (χ4n) is 1.41. The summed E-state index contributed by atoms with van der Waals surface area (Å²) in [7, 11) is 0. The minimum Gasteiger partial charge on any atom is -0.362 e. The summed E-state index contributed by atoms with van der Waals surface area (Å²) in [5.74, 6) is -0.815. The zero-order chi connectivity index (χ0) is 11.7. The molecule has 0 aliphatic carbocycles. The molecular formula is C10H7Cl2NO3. The summed E-state index contributed by atoms with van der Waals surface area (Å²) < 4.78 is 4.80. The Labute approximate surface area is 102 Å². The standard InChI is InChI=1S/C10H7Cl2NO3/c11-7-2-1-6(3-8(7)12)13-9(14)4-16-5-10(13)15/h1-3H,4-5H2. The molecule has 0 spiro atoms. The fraction of sp³-hybridized carbons (Fsp3) is 0.200. The fourth-order valence-corrected chi connectivity index (χ4v) is 1.70. The molecule has 16 heavy (non-hydrogen) atoms. The Morgan fingerprint density at radius 3 is 2.25 bits per heavy atom. The number of nitrogens with zero attached hydrogens (tertiary/aromatic N) is 1. The number of imide groups is 1. The van der Waals surface area contributed by atoms with Crippen LogP contribution in [0.1, 0.15) is 0 Å². The molecule has 0 bridgehead atoms. The third-order valence-corrected chi connectivity index (χ3v) is 2.85. The maximum absolute atomic E-state index is 11.5. The number of carbonyl (C=O) groups excluding carboxylic acids is 2. The number of anilines is 1. The van der Waals surface area contributed by atoms with Crippen molar-refractivity contribution in [1.82, 2.24) is 0 Å². The molecule has 0 N–H and O–H groups in total. The van der Waals surface area contributed by atoms with E-state index in [4.69, 9.17) is 27.9 Å². The van der Waals surface area contributed by atoms with Gasteiger partial charge in [0, 0.05) is 0 Å². The van der Waals surface area contributed by atoms with Gasteiger partial charge in [0.1, 0.15) is 13.2 Å². The van der Waals surface area contributed by atoms with E-state index in [1.165, 1.54) is 12.1 Å². The molecule has 4 nitrogen and oxygen atoms in total. The van der Waals surface area contributed by atoms with Crippen molar-refractivity contribution in [3.8, 4) is 0 Å². The van der Waals surface area contributed by atoms with Gasteiger partial charge in [0.25, 0.3) is 11.8 Å². The average Bonchev–Trinajstić information content (AvgIpc) is 2.23. The lowest BCUT2D eigenvalue weighted by atomic mass is 10.2. The molecule has 1 aromatic carbocycles. The number of halogens is 2. The Kier molecular flexibility index (Phi) is 3.14. The number of hydrogen-bond donors (Lipinski definition) is 0. The van der Waals surface area contributed by atoms with Gasteiger partial charge in [0.05, 0.1) is 15.7 Å². The molecule has 1 saturated heterocycles. The van der Waals surface area contributed by atoms with Gasteiger partial charge >= 0.3 is 0 Å². The Bertz CT molecular complexity index is 445. The number of rotatable bonds is 1. The lowest BCUT2D eigenvalue weighted by Crippen LogP contribution is -2.46.